The van der Waals surface area contributed by atoms with Crippen molar-refractivity contribution >= 4 is 45.9 Å². The van der Waals surface area contributed by atoms with Crippen LogP contribution in [0.1, 0.15) is 0 Å². The van der Waals surface area contributed by atoms with E-state index >= 15 is 0 Å². The van der Waals surface area contributed by atoms with E-state index < -0.39 is 8.07 Å². The van der Waals surface area contributed by atoms with E-state index in [2.05, 4.69) is 254 Å². The van der Waals surface area contributed by atoms with Gasteiger partial charge < -0.3 is 4.90 Å². The standard InChI is InChI=1S/C54H41NSi/c1-6-16-42(17-7-1)43-26-28-44(29-27-43)45-30-36-49(37-31-45)55(48-18-8-2-9-19-48)50-38-32-46(33-39-50)47-34-40-54(41-35-47)56(51-20-10-3-11-21-51,52-22-12-4-13-23-52)53-24-14-5-15-25-53/h1-41H. The zero-order chi connectivity index (χ0) is 37.6. The molecule has 0 aliphatic carbocycles. The van der Waals surface area contributed by atoms with Crippen molar-refractivity contribution in [1.29, 1.82) is 0 Å². The van der Waals surface area contributed by atoms with Crippen LogP contribution in [0.3, 0.4) is 0 Å². The third-order valence-electron chi connectivity index (χ3n) is 10.9. The molecule has 0 bridgehead atoms. The van der Waals surface area contributed by atoms with Crippen molar-refractivity contribution in [3.8, 4) is 33.4 Å². The second-order valence-electron chi connectivity index (χ2n) is 14.1. The van der Waals surface area contributed by atoms with Gasteiger partial charge in [-0.25, -0.2) is 0 Å². The van der Waals surface area contributed by atoms with Gasteiger partial charge in [0.2, 0.25) is 0 Å². The van der Waals surface area contributed by atoms with Gasteiger partial charge in [0.15, 0.2) is 8.07 Å². The minimum absolute atomic E-state index is 1.11. The predicted molar refractivity (Wildman–Crippen MR) is 241 cm³/mol. The van der Waals surface area contributed by atoms with Crippen LogP contribution in [0.25, 0.3) is 33.4 Å². The summed E-state index contributed by atoms with van der Waals surface area (Å²) in [5.74, 6) is 0. The highest BCUT2D eigenvalue weighted by molar-refractivity contribution is 7.19. The Balaban J connectivity index is 1.03. The van der Waals surface area contributed by atoms with Crippen molar-refractivity contribution in [2.24, 2.45) is 0 Å². The molecular weight excluding hydrogens is 691 g/mol. The highest BCUT2D eigenvalue weighted by Gasteiger charge is 2.41. The van der Waals surface area contributed by atoms with Crippen LogP contribution in [0.2, 0.25) is 0 Å². The van der Waals surface area contributed by atoms with Crippen molar-refractivity contribution in [3.63, 3.8) is 0 Å². The van der Waals surface area contributed by atoms with Gasteiger partial charge in [-0.15, -0.1) is 0 Å². The summed E-state index contributed by atoms with van der Waals surface area (Å²) in [5.41, 5.74) is 10.6. The molecule has 9 aromatic carbocycles. The van der Waals surface area contributed by atoms with Gasteiger partial charge in [-0.3, -0.25) is 0 Å². The summed E-state index contributed by atoms with van der Waals surface area (Å²) in [4.78, 5) is 2.33. The molecule has 0 fully saturated rings. The highest BCUT2D eigenvalue weighted by Crippen LogP contribution is 2.37. The molecule has 0 aromatic heterocycles. The van der Waals surface area contributed by atoms with Gasteiger partial charge >= 0.3 is 0 Å². The fraction of sp³-hybridized carbons (Fsp3) is 0. The van der Waals surface area contributed by atoms with E-state index in [0.717, 1.165) is 17.1 Å². The maximum atomic E-state index is 2.37. The van der Waals surface area contributed by atoms with Crippen molar-refractivity contribution in [1.82, 2.24) is 0 Å². The summed E-state index contributed by atoms with van der Waals surface area (Å²) < 4.78 is 0. The lowest BCUT2D eigenvalue weighted by Gasteiger charge is -2.34. The summed E-state index contributed by atoms with van der Waals surface area (Å²) in [7, 11) is -2.57. The highest BCUT2D eigenvalue weighted by atomic mass is 28.3. The summed E-state index contributed by atoms with van der Waals surface area (Å²) in [5, 5.41) is 5.51. The maximum absolute atomic E-state index is 2.57. The average molecular weight is 732 g/mol. The van der Waals surface area contributed by atoms with Crippen molar-refractivity contribution < 1.29 is 0 Å². The van der Waals surface area contributed by atoms with Gasteiger partial charge in [0, 0.05) is 17.1 Å². The molecule has 9 rings (SSSR count). The zero-order valence-corrected chi connectivity index (χ0v) is 32.1. The molecule has 0 aliphatic heterocycles. The smallest absolute Gasteiger partial charge is 0.179 e. The molecule has 266 valence electrons. The number of nitrogens with zero attached hydrogens (tertiary/aromatic N) is 1. The fourth-order valence-corrected chi connectivity index (χ4v) is 12.8. The Hall–Kier alpha value is -7.00. The Morgan fingerprint density at radius 2 is 0.429 bits per heavy atom. The first kappa shape index (κ1) is 34.7. The lowest BCUT2D eigenvalue weighted by molar-refractivity contribution is 1.28. The van der Waals surface area contributed by atoms with Crippen molar-refractivity contribution in [2.75, 3.05) is 4.90 Å². The third-order valence-corrected chi connectivity index (χ3v) is 15.7. The first-order valence-corrected chi connectivity index (χ1v) is 21.3. The van der Waals surface area contributed by atoms with Crippen LogP contribution < -0.4 is 25.6 Å². The average Bonchev–Trinajstić information content (AvgIpc) is 3.29. The van der Waals surface area contributed by atoms with Crippen molar-refractivity contribution in [2.45, 2.75) is 0 Å². The number of hydrogen-bond acceptors (Lipinski definition) is 1. The van der Waals surface area contributed by atoms with Crippen molar-refractivity contribution in [3.05, 3.63) is 249 Å². The number of hydrogen-bond donors (Lipinski definition) is 0. The third kappa shape index (κ3) is 6.79. The Morgan fingerprint density at radius 3 is 0.786 bits per heavy atom. The lowest BCUT2D eigenvalue weighted by Crippen LogP contribution is -2.74. The summed E-state index contributed by atoms with van der Waals surface area (Å²) in [6, 6.07) is 90.5. The molecule has 56 heavy (non-hydrogen) atoms. The maximum Gasteiger partial charge on any atom is 0.179 e. The number of rotatable bonds is 10. The Labute approximate surface area is 331 Å². The first-order valence-electron chi connectivity index (χ1n) is 19.3. The predicted octanol–water partition coefficient (Wildman–Crippen LogP) is 11.5. The molecule has 1 nitrogen and oxygen atoms in total. The van der Waals surface area contributed by atoms with Gasteiger partial charge in [0.25, 0.3) is 0 Å². The fourth-order valence-electron chi connectivity index (χ4n) is 8.09. The van der Waals surface area contributed by atoms with Crippen LogP contribution in [0.4, 0.5) is 17.1 Å². The van der Waals surface area contributed by atoms with Gasteiger partial charge in [-0.2, -0.15) is 0 Å². The molecule has 0 aliphatic rings. The molecule has 0 atom stereocenters. The molecule has 9 aromatic rings. The van der Waals surface area contributed by atoms with Gasteiger partial charge in [0.05, 0.1) is 0 Å². The molecule has 0 heterocycles. The van der Waals surface area contributed by atoms with E-state index in [1.807, 2.05) is 0 Å². The zero-order valence-electron chi connectivity index (χ0n) is 31.1. The van der Waals surface area contributed by atoms with Crippen LogP contribution in [0.15, 0.2) is 249 Å². The molecule has 0 spiro atoms. The summed E-state index contributed by atoms with van der Waals surface area (Å²) in [6.07, 6.45) is 0. The largest absolute Gasteiger partial charge is 0.311 e. The molecule has 0 saturated carbocycles. The van der Waals surface area contributed by atoms with Gasteiger partial charge in [-0.05, 0) is 90.5 Å². The van der Waals surface area contributed by atoms with Crippen LogP contribution in [0, 0.1) is 0 Å². The van der Waals surface area contributed by atoms with E-state index in [1.165, 1.54) is 54.1 Å². The van der Waals surface area contributed by atoms with E-state index in [1.54, 1.807) is 0 Å². The molecule has 0 radical (unpaired) electrons. The Kier molecular flexibility index (Phi) is 9.78. The number of benzene rings is 9. The Bertz CT molecular complexity index is 2510. The summed E-state index contributed by atoms with van der Waals surface area (Å²) in [6.45, 7) is 0. The second kappa shape index (κ2) is 15.8. The lowest BCUT2D eigenvalue weighted by atomic mass is 10.00. The molecule has 0 amide bonds. The van der Waals surface area contributed by atoms with Gasteiger partial charge in [0.1, 0.15) is 0 Å². The van der Waals surface area contributed by atoms with Gasteiger partial charge in [-0.1, -0.05) is 212 Å². The molecule has 0 N–H and O–H groups in total. The number of anilines is 3. The number of para-hydroxylation sites is 1. The van der Waals surface area contributed by atoms with Crippen LogP contribution >= 0.6 is 0 Å². The second-order valence-corrected chi connectivity index (χ2v) is 17.9. The summed E-state index contributed by atoms with van der Waals surface area (Å²) >= 11 is 0. The quantitative estimate of drug-likeness (QED) is 0.1000. The normalized spacial score (nSPS) is 11.2. The SMILES string of the molecule is c1ccc(-c2ccc(-c3ccc(N(c4ccccc4)c4ccc(-c5ccc([Si](c6ccccc6)(c6ccccc6)c6ccccc6)cc5)cc4)cc3)cc2)cc1. The molecule has 0 unspecified atom stereocenters. The van der Waals surface area contributed by atoms with E-state index in [0.29, 0.717) is 0 Å². The van der Waals surface area contributed by atoms with E-state index in [-0.39, 0.29) is 0 Å². The van der Waals surface area contributed by atoms with Crippen LogP contribution in [0.5, 0.6) is 0 Å². The topological polar surface area (TPSA) is 3.24 Å². The minimum Gasteiger partial charge on any atom is -0.311 e. The minimum atomic E-state index is -2.57. The monoisotopic (exact) mass is 731 g/mol. The van der Waals surface area contributed by atoms with E-state index in [4.69, 9.17) is 0 Å². The van der Waals surface area contributed by atoms with Crippen LogP contribution in [-0.4, -0.2) is 8.07 Å². The molecule has 2 heteroatoms. The Morgan fingerprint density at radius 1 is 0.196 bits per heavy atom. The van der Waals surface area contributed by atoms with Crippen LogP contribution in [-0.2, 0) is 0 Å². The molecule has 0 saturated heterocycles. The molecular formula is C54H41NSi. The van der Waals surface area contributed by atoms with E-state index in [9.17, 15) is 0 Å². The first-order chi connectivity index (χ1) is 27.8.